The number of aromatic nitrogens is 2. The molecule has 54 heavy (non-hydrogen) atoms. The van der Waals surface area contributed by atoms with Crippen LogP contribution >= 0.6 is 45.3 Å². The Hall–Kier alpha value is -3.93. The first-order valence-electron chi connectivity index (χ1n) is 17.0. The zero-order chi connectivity index (χ0) is 36.3. The SMILES string of the molecule is Cc1ccc(-c2ccc(-c3cnc4c(ccc5cc(-c6ccc(-c7ccc(C)s7)s6)cnc54)c3)s2)s1.O=C(/C=C(\O)c1ccccc1)c1ccccc1.[Eu]. The van der Waals surface area contributed by atoms with Crippen LogP contribution in [0.25, 0.3) is 68.0 Å². The summed E-state index contributed by atoms with van der Waals surface area (Å²) in [4.78, 5) is 32.0. The number of thiophene rings is 4. The van der Waals surface area contributed by atoms with Crippen LogP contribution in [-0.2, 0) is 0 Å². The number of carbonyl (C=O) groups excluding carboxylic acids is 1. The van der Waals surface area contributed by atoms with Gasteiger partial charge in [0.1, 0.15) is 5.76 Å². The number of aliphatic hydroxyl groups is 1. The van der Waals surface area contributed by atoms with Gasteiger partial charge in [-0.2, -0.15) is 0 Å². The van der Waals surface area contributed by atoms with E-state index < -0.39 is 0 Å². The summed E-state index contributed by atoms with van der Waals surface area (Å²) in [5.41, 5.74) is 5.41. The van der Waals surface area contributed by atoms with Crippen molar-refractivity contribution in [3.05, 3.63) is 173 Å². The van der Waals surface area contributed by atoms with Gasteiger partial charge >= 0.3 is 0 Å². The number of rotatable bonds is 7. The van der Waals surface area contributed by atoms with Gasteiger partial charge in [-0.1, -0.05) is 72.8 Å². The molecule has 0 atom stereocenters. The molecule has 1 radical (unpaired) electrons. The van der Waals surface area contributed by atoms with E-state index in [0.29, 0.717) is 11.1 Å². The molecule has 4 nitrogen and oxygen atoms in total. The van der Waals surface area contributed by atoms with Gasteiger partial charge in [-0.05, 0) is 74.5 Å². The third-order valence-corrected chi connectivity index (χ3v) is 13.3. The van der Waals surface area contributed by atoms with E-state index in [1.807, 2.05) is 82.0 Å². The number of benzene rings is 3. The fourth-order valence-corrected chi connectivity index (χ4v) is 9.84. The molecule has 0 unspecified atom stereocenters. The van der Waals surface area contributed by atoms with Gasteiger partial charge in [-0.15, -0.1) is 45.3 Å². The van der Waals surface area contributed by atoms with Crippen molar-refractivity contribution in [3.8, 4) is 40.4 Å². The van der Waals surface area contributed by atoms with Crippen LogP contribution in [0, 0.1) is 63.2 Å². The number of allylic oxidation sites excluding steroid dienone is 1. The van der Waals surface area contributed by atoms with Crippen LogP contribution in [0.3, 0.4) is 0 Å². The minimum Gasteiger partial charge on any atom is -0.507 e. The maximum absolute atomic E-state index is 11.8. The summed E-state index contributed by atoms with van der Waals surface area (Å²) in [6.07, 6.45) is 5.22. The Morgan fingerprint density at radius 2 is 0.926 bits per heavy atom. The number of hydrogen-bond acceptors (Lipinski definition) is 8. The maximum Gasteiger partial charge on any atom is 0.189 e. The predicted molar refractivity (Wildman–Crippen MR) is 228 cm³/mol. The standard InChI is InChI=1S/C30H20N2S4.C15H12O2.Eu/c1-17-3-7-25(33-17)27-11-9-23(35-27)21-13-19-5-6-20-14-22(16-32-30(20)29(19)31-15-21)24-10-12-28(36-24)26-8-4-18(2)34-26;16-14(12-7-3-1-4-8-12)11-15(17)13-9-5-2-6-10-13;/h3-16H,1-2H3;1-11,16H;/b;14-11-;. The second-order valence-corrected chi connectivity index (χ2v) is 17.2. The molecule has 0 spiro atoms. The molecule has 1 N–H and O–H groups in total. The molecule has 9 rings (SSSR count). The third-order valence-electron chi connectivity index (χ3n) is 8.64. The Labute approximate surface area is 370 Å². The molecular weight excluding hydrogens is 881 g/mol. The average Bonchev–Trinajstić information content (AvgIpc) is 4.03. The molecule has 0 fully saturated rings. The average molecular weight is 913 g/mol. The molecule has 0 bridgehead atoms. The fourth-order valence-electron chi connectivity index (χ4n) is 5.95. The quantitative estimate of drug-likeness (QED) is 0.0749. The predicted octanol–water partition coefficient (Wildman–Crippen LogP) is 13.8. The molecule has 6 heterocycles. The number of carbonyl (C=O) groups is 1. The van der Waals surface area contributed by atoms with Gasteiger partial charge in [0, 0.05) is 140 Å². The van der Waals surface area contributed by atoms with Crippen LogP contribution in [0.15, 0.2) is 152 Å². The Balaban J connectivity index is 0.000000211. The van der Waals surface area contributed by atoms with Gasteiger partial charge in [0.05, 0.1) is 11.0 Å². The van der Waals surface area contributed by atoms with Crippen LogP contribution in [0.4, 0.5) is 0 Å². The zero-order valence-corrected chi connectivity index (χ0v) is 34.9. The van der Waals surface area contributed by atoms with Crippen molar-refractivity contribution in [2.45, 2.75) is 13.8 Å². The molecule has 0 aliphatic rings. The van der Waals surface area contributed by atoms with Crippen molar-refractivity contribution in [1.82, 2.24) is 9.97 Å². The van der Waals surface area contributed by atoms with E-state index in [2.05, 4.69) is 86.6 Å². The summed E-state index contributed by atoms with van der Waals surface area (Å²) in [7, 11) is 0. The monoisotopic (exact) mass is 913 g/mol. The molecule has 0 saturated carbocycles. The number of aliphatic hydroxyl groups excluding tert-OH is 1. The topological polar surface area (TPSA) is 63.1 Å². The Bertz CT molecular complexity index is 2610. The molecule has 0 aliphatic heterocycles. The van der Waals surface area contributed by atoms with Crippen LogP contribution in [-0.4, -0.2) is 20.9 Å². The van der Waals surface area contributed by atoms with E-state index in [-0.39, 0.29) is 60.9 Å². The molecule has 0 saturated heterocycles. The van der Waals surface area contributed by atoms with Crippen molar-refractivity contribution in [3.63, 3.8) is 0 Å². The number of hydrogen-bond donors (Lipinski definition) is 1. The second-order valence-electron chi connectivity index (χ2n) is 12.4. The largest absolute Gasteiger partial charge is 0.507 e. The van der Waals surface area contributed by atoms with Crippen molar-refractivity contribution < 1.29 is 59.3 Å². The fraction of sp³-hybridized carbons (Fsp3) is 0.0444. The molecular formula is C45H32EuN2O2S4. The number of fused-ring (bicyclic) bond motifs is 3. The van der Waals surface area contributed by atoms with Crippen LogP contribution in [0.2, 0.25) is 0 Å². The Morgan fingerprint density at radius 3 is 1.37 bits per heavy atom. The maximum atomic E-state index is 11.8. The molecule has 9 heteroatoms. The van der Waals surface area contributed by atoms with Crippen molar-refractivity contribution in [2.75, 3.05) is 0 Å². The van der Waals surface area contributed by atoms with Gasteiger partial charge in [-0.25, -0.2) is 0 Å². The summed E-state index contributed by atoms with van der Waals surface area (Å²) < 4.78 is 0. The molecule has 265 valence electrons. The normalized spacial score (nSPS) is 11.3. The van der Waals surface area contributed by atoms with Crippen LogP contribution in [0.1, 0.15) is 25.7 Å². The Kier molecular flexibility index (Phi) is 12.3. The van der Waals surface area contributed by atoms with E-state index in [9.17, 15) is 9.90 Å². The molecule has 0 amide bonds. The van der Waals surface area contributed by atoms with Crippen molar-refractivity contribution >= 4 is 78.7 Å². The first kappa shape index (κ1) is 38.4. The number of nitrogens with zero attached hydrogens (tertiary/aromatic N) is 2. The zero-order valence-electron chi connectivity index (χ0n) is 29.2. The number of ketones is 1. The molecule has 9 aromatic rings. The van der Waals surface area contributed by atoms with Crippen LogP contribution < -0.4 is 0 Å². The van der Waals surface area contributed by atoms with Gasteiger partial charge in [0.15, 0.2) is 5.78 Å². The van der Waals surface area contributed by atoms with E-state index in [0.717, 1.165) is 32.9 Å². The van der Waals surface area contributed by atoms with Crippen molar-refractivity contribution in [1.29, 1.82) is 0 Å². The van der Waals surface area contributed by atoms with Gasteiger partial charge in [-0.3, -0.25) is 14.8 Å². The number of pyridine rings is 2. The summed E-state index contributed by atoms with van der Waals surface area (Å²) >= 11 is 7.33. The number of aryl methyl sites for hydroxylation is 2. The summed E-state index contributed by atoms with van der Waals surface area (Å²) in [5.74, 6) is -0.216. The van der Waals surface area contributed by atoms with E-state index in [4.69, 9.17) is 9.97 Å². The van der Waals surface area contributed by atoms with E-state index in [1.165, 1.54) is 45.1 Å². The second kappa shape index (κ2) is 17.3. The van der Waals surface area contributed by atoms with Crippen LogP contribution in [0.5, 0.6) is 0 Å². The summed E-state index contributed by atoms with van der Waals surface area (Å²) in [5, 5.41) is 12.0. The van der Waals surface area contributed by atoms with Gasteiger partial charge in [0.25, 0.3) is 0 Å². The van der Waals surface area contributed by atoms with Gasteiger partial charge < -0.3 is 5.11 Å². The molecule has 0 aliphatic carbocycles. The van der Waals surface area contributed by atoms with Crippen molar-refractivity contribution in [2.24, 2.45) is 0 Å². The minimum absolute atomic E-state index is 0. The smallest absolute Gasteiger partial charge is 0.189 e. The first-order valence-corrected chi connectivity index (χ1v) is 20.2. The minimum atomic E-state index is -0.202. The summed E-state index contributed by atoms with van der Waals surface area (Å²) in [6.45, 7) is 4.31. The Morgan fingerprint density at radius 1 is 0.519 bits per heavy atom. The third kappa shape index (κ3) is 8.63. The first-order chi connectivity index (χ1) is 25.9. The molecule has 3 aromatic carbocycles. The molecule has 6 aromatic heterocycles. The van der Waals surface area contributed by atoms with Gasteiger partial charge in [0.2, 0.25) is 0 Å². The van der Waals surface area contributed by atoms with E-state index >= 15 is 0 Å². The van der Waals surface area contributed by atoms with E-state index in [1.54, 1.807) is 36.4 Å². The summed E-state index contributed by atoms with van der Waals surface area (Å²) in [6, 6.07) is 44.3.